The van der Waals surface area contributed by atoms with Crippen LogP contribution >= 0.6 is 0 Å². The predicted molar refractivity (Wildman–Crippen MR) is 108 cm³/mol. The molecule has 4 heterocycles. The van der Waals surface area contributed by atoms with Gasteiger partial charge >= 0.3 is 6.18 Å². The molecule has 164 valence electrons. The van der Waals surface area contributed by atoms with Gasteiger partial charge in [0.25, 0.3) is 11.5 Å². The zero-order chi connectivity index (χ0) is 22.8. The molecule has 0 radical (unpaired) electrons. The summed E-state index contributed by atoms with van der Waals surface area (Å²) >= 11 is 0. The van der Waals surface area contributed by atoms with Crippen molar-refractivity contribution in [1.82, 2.24) is 24.1 Å². The van der Waals surface area contributed by atoms with E-state index < -0.39 is 18.0 Å². The number of rotatable bonds is 2. The lowest BCUT2D eigenvalue weighted by atomic mass is 10.1. The van der Waals surface area contributed by atoms with Crippen LogP contribution in [0.15, 0.2) is 47.4 Å². The Morgan fingerprint density at radius 2 is 1.91 bits per heavy atom. The number of fused-ring (bicyclic) bond motifs is 3. The Bertz CT molecular complexity index is 1450. The van der Waals surface area contributed by atoms with Crippen molar-refractivity contribution in [1.29, 1.82) is 0 Å². The first-order chi connectivity index (χ1) is 15.1. The summed E-state index contributed by atoms with van der Waals surface area (Å²) in [6.07, 6.45) is -4.10. The molecule has 0 spiro atoms. The van der Waals surface area contributed by atoms with Crippen molar-refractivity contribution in [2.24, 2.45) is 7.05 Å². The minimum atomic E-state index is -4.60. The lowest BCUT2D eigenvalue weighted by Gasteiger charge is -2.35. The molecule has 1 aliphatic rings. The summed E-state index contributed by atoms with van der Waals surface area (Å²) in [5.74, 6) is -0.289. The van der Waals surface area contributed by atoms with Crippen LogP contribution in [0.5, 0.6) is 0 Å². The zero-order valence-corrected chi connectivity index (χ0v) is 16.7. The fourth-order valence-corrected chi connectivity index (χ4v) is 3.78. The van der Waals surface area contributed by atoms with Gasteiger partial charge in [0.2, 0.25) is 0 Å². The van der Waals surface area contributed by atoms with Crippen LogP contribution in [0.2, 0.25) is 0 Å². The van der Waals surface area contributed by atoms with Crippen LogP contribution in [0.3, 0.4) is 0 Å². The van der Waals surface area contributed by atoms with Gasteiger partial charge in [-0.15, -0.1) is 0 Å². The highest BCUT2D eigenvalue weighted by molar-refractivity contribution is 5.98. The van der Waals surface area contributed by atoms with Crippen molar-refractivity contribution in [3.8, 4) is 11.3 Å². The van der Waals surface area contributed by atoms with E-state index in [9.17, 15) is 27.9 Å². The molecule has 4 aromatic rings. The number of benzene rings is 1. The number of aryl methyl sites for hydroxylation is 1. The summed E-state index contributed by atoms with van der Waals surface area (Å²) in [7, 11) is 1.54. The summed E-state index contributed by atoms with van der Waals surface area (Å²) in [5.41, 5.74) is 0.0670. The van der Waals surface area contributed by atoms with E-state index in [0.29, 0.717) is 22.1 Å². The maximum Gasteiger partial charge on any atom is 0.433 e. The van der Waals surface area contributed by atoms with E-state index in [1.807, 2.05) is 0 Å². The molecule has 0 saturated carbocycles. The van der Waals surface area contributed by atoms with E-state index in [4.69, 9.17) is 0 Å². The molecule has 8 nitrogen and oxygen atoms in total. The largest absolute Gasteiger partial charge is 0.433 e. The molecule has 1 saturated heterocycles. The Morgan fingerprint density at radius 3 is 2.59 bits per heavy atom. The lowest BCUT2D eigenvalue weighted by Crippen LogP contribution is -2.53. The monoisotopic (exact) mass is 443 g/mol. The summed E-state index contributed by atoms with van der Waals surface area (Å²) in [6, 6.07) is 8.40. The Hall–Kier alpha value is -3.73. The number of aliphatic hydroxyl groups is 1. The Labute approximate surface area is 178 Å². The summed E-state index contributed by atoms with van der Waals surface area (Å²) in [5, 5.41) is 14.2. The van der Waals surface area contributed by atoms with Gasteiger partial charge in [0.1, 0.15) is 11.3 Å². The molecule has 1 aromatic carbocycles. The van der Waals surface area contributed by atoms with Gasteiger partial charge in [0.05, 0.1) is 22.7 Å². The molecule has 11 heteroatoms. The molecule has 0 aliphatic carbocycles. The topological polar surface area (TPSA) is 92.7 Å². The van der Waals surface area contributed by atoms with Crippen LogP contribution < -0.4 is 5.56 Å². The predicted octanol–water partition coefficient (Wildman–Crippen LogP) is 2.08. The van der Waals surface area contributed by atoms with Gasteiger partial charge in [-0.25, -0.2) is 4.52 Å². The highest BCUT2D eigenvalue weighted by atomic mass is 19.4. The zero-order valence-electron chi connectivity index (χ0n) is 16.7. The number of aromatic nitrogens is 4. The van der Waals surface area contributed by atoms with E-state index in [1.54, 1.807) is 0 Å². The summed E-state index contributed by atoms with van der Waals surface area (Å²) < 4.78 is 42.0. The van der Waals surface area contributed by atoms with Gasteiger partial charge in [-0.2, -0.15) is 18.3 Å². The van der Waals surface area contributed by atoms with Gasteiger partial charge in [-0.1, -0.05) is 0 Å². The Kier molecular flexibility index (Phi) is 4.35. The number of amides is 1. The number of likely N-dealkylation sites (tertiary alicyclic amines) is 1. The normalized spacial score (nSPS) is 14.8. The summed E-state index contributed by atoms with van der Waals surface area (Å²) in [4.78, 5) is 30.3. The highest BCUT2D eigenvalue weighted by Crippen LogP contribution is 2.30. The van der Waals surface area contributed by atoms with Gasteiger partial charge in [-0.05, 0) is 30.3 Å². The summed E-state index contributed by atoms with van der Waals surface area (Å²) in [6.45, 7) is 0.469. The fraction of sp³-hybridized carbons (Fsp3) is 0.238. The van der Waals surface area contributed by atoms with Crippen LogP contribution in [0, 0.1) is 0 Å². The van der Waals surface area contributed by atoms with E-state index in [1.165, 1.54) is 51.4 Å². The fourth-order valence-electron chi connectivity index (χ4n) is 3.78. The molecular formula is C21H16F3N5O3. The van der Waals surface area contributed by atoms with Crippen LogP contribution in [0.4, 0.5) is 13.2 Å². The van der Waals surface area contributed by atoms with E-state index in [-0.39, 0.29) is 35.8 Å². The number of hydrogen-bond donors (Lipinski definition) is 1. The van der Waals surface area contributed by atoms with Crippen molar-refractivity contribution in [2.45, 2.75) is 12.3 Å². The average molecular weight is 443 g/mol. The first kappa shape index (κ1) is 20.2. The first-order valence-corrected chi connectivity index (χ1v) is 9.67. The molecule has 0 unspecified atom stereocenters. The quantitative estimate of drug-likeness (QED) is 0.512. The van der Waals surface area contributed by atoms with Crippen LogP contribution in [0.25, 0.3) is 27.8 Å². The Balaban J connectivity index is 1.68. The van der Waals surface area contributed by atoms with Crippen LogP contribution in [-0.2, 0) is 13.2 Å². The molecule has 1 fully saturated rings. The maximum atomic E-state index is 13.1. The first-order valence-electron chi connectivity index (χ1n) is 9.67. The third kappa shape index (κ3) is 3.12. The standard InChI is InChI=1S/C21H16F3N5O3/c1-27-18-8-15(11-4-5-25-17(7-11)21(22,23)24)26-29(18)16-6-12(2-3-14(16)20(27)32)19(31)28-9-13(30)10-28/h2-8,13,30H,9-10H2,1H3. The second-order valence-electron chi connectivity index (χ2n) is 7.69. The maximum absolute atomic E-state index is 13.1. The van der Waals surface area contributed by atoms with Crippen molar-refractivity contribution in [3.63, 3.8) is 0 Å². The minimum Gasteiger partial charge on any atom is -0.389 e. The number of aliphatic hydroxyl groups excluding tert-OH is 1. The molecular weight excluding hydrogens is 427 g/mol. The van der Waals surface area contributed by atoms with Gasteiger partial charge < -0.3 is 10.0 Å². The molecule has 5 rings (SSSR count). The van der Waals surface area contributed by atoms with Crippen molar-refractivity contribution in [3.05, 3.63) is 64.2 Å². The van der Waals surface area contributed by atoms with Gasteiger partial charge in [0.15, 0.2) is 0 Å². The molecule has 1 amide bonds. The van der Waals surface area contributed by atoms with Crippen LogP contribution in [0.1, 0.15) is 16.1 Å². The molecule has 1 N–H and O–H groups in total. The minimum absolute atomic E-state index is 0.193. The van der Waals surface area contributed by atoms with Crippen LogP contribution in [-0.4, -0.2) is 54.3 Å². The average Bonchev–Trinajstić information content (AvgIpc) is 3.20. The van der Waals surface area contributed by atoms with Gasteiger partial charge in [-0.3, -0.25) is 19.1 Å². The number of alkyl halides is 3. The lowest BCUT2D eigenvalue weighted by molar-refractivity contribution is -0.141. The van der Waals surface area contributed by atoms with Crippen molar-refractivity contribution in [2.75, 3.05) is 13.1 Å². The number of carbonyl (C=O) groups is 1. The third-order valence-corrected chi connectivity index (χ3v) is 5.54. The number of halogens is 3. The SMILES string of the molecule is Cn1c(=O)c2ccc(C(=O)N3CC(O)C3)cc2n2nc(-c3ccnc(C(F)(F)F)c3)cc12. The molecule has 1 aliphatic heterocycles. The highest BCUT2D eigenvalue weighted by Gasteiger charge is 2.33. The molecule has 3 aromatic heterocycles. The number of carbonyl (C=O) groups excluding carboxylic acids is 1. The second kappa shape index (κ2) is 6.89. The van der Waals surface area contributed by atoms with Crippen molar-refractivity contribution < 1.29 is 23.1 Å². The van der Waals surface area contributed by atoms with E-state index in [2.05, 4.69) is 10.1 Å². The van der Waals surface area contributed by atoms with E-state index in [0.717, 1.165) is 12.3 Å². The molecule has 32 heavy (non-hydrogen) atoms. The number of nitrogens with zero attached hydrogens (tertiary/aromatic N) is 5. The third-order valence-electron chi connectivity index (χ3n) is 5.54. The van der Waals surface area contributed by atoms with Gasteiger partial charge in [0, 0.05) is 43.5 Å². The number of hydrogen-bond acceptors (Lipinski definition) is 5. The Morgan fingerprint density at radius 1 is 1.16 bits per heavy atom. The second-order valence-corrected chi connectivity index (χ2v) is 7.69. The molecule has 0 bridgehead atoms. The molecule has 0 atom stereocenters. The number of pyridine rings is 1. The van der Waals surface area contributed by atoms with E-state index >= 15 is 0 Å². The smallest absolute Gasteiger partial charge is 0.389 e. The van der Waals surface area contributed by atoms with Crippen molar-refractivity contribution >= 4 is 22.5 Å². The number of β-amino-alcohol motifs (C(OH)–C–C–N with tert-alkyl or cyclic N) is 1.